The van der Waals surface area contributed by atoms with Crippen molar-refractivity contribution in [1.82, 2.24) is 9.88 Å². The maximum absolute atomic E-state index is 12.0. The van der Waals surface area contributed by atoms with Gasteiger partial charge in [0.05, 0.1) is 28.5 Å². The summed E-state index contributed by atoms with van der Waals surface area (Å²) in [6.07, 6.45) is 2.36. The van der Waals surface area contributed by atoms with Crippen molar-refractivity contribution in [1.29, 1.82) is 0 Å². The molecule has 0 saturated carbocycles. The van der Waals surface area contributed by atoms with E-state index in [1.54, 1.807) is 18.0 Å². The summed E-state index contributed by atoms with van der Waals surface area (Å²) in [5, 5.41) is 13.6. The number of carbonyl (C=O) groups is 1. The van der Waals surface area contributed by atoms with Crippen LogP contribution >= 0.6 is 11.8 Å². The topological polar surface area (TPSA) is 121 Å². The zero-order valence-corrected chi connectivity index (χ0v) is 15.8. The number of thioether (sulfide) groups is 1. The molecule has 2 heterocycles. The molecule has 9 nitrogen and oxygen atoms in total. The SMILES string of the molecule is O=C(CCCn1c(=O)oc2cc([N+](=O)[O-])ccc21)NCCSCc1ccco1. The second-order valence-corrected chi connectivity index (χ2v) is 7.12. The summed E-state index contributed by atoms with van der Waals surface area (Å²) in [5.41, 5.74) is 0.500. The summed E-state index contributed by atoms with van der Waals surface area (Å²) in [6.45, 7) is 0.854. The number of nitro benzene ring substituents is 1. The van der Waals surface area contributed by atoms with Gasteiger partial charge in [-0.1, -0.05) is 0 Å². The van der Waals surface area contributed by atoms with Gasteiger partial charge in [-0.05, 0) is 24.6 Å². The van der Waals surface area contributed by atoms with Crippen LogP contribution in [-0.2, 0) is 17.1 Å². The summed E-state index contributed by atoms with van der Waals surface area (Å²) < 4.78 is 11.7. The van der Waals surface area contributed by atoms with Gasteiger partial charge in [0.2, 0.25) is 5.91 Å². The Morgan fingerprint density at radius 1 is 1.32 bits per heavy atom. The molecule has 0 fully saturated rings. The van der Waals surface area contributed by atoms with Gasteiger partial charge < -0.3 is 14.2 Å². The maximum Gasteiger partial charge on any atom is 0.419 e. The van der Waals surface area contributed by atoms with Crippen molar-refractivity contribution >= 4 is 34.5 Å². The summed E-state index contributed by atoms with van der Waals surface area (Å²) in [6, 6.07) is 7.77. The number of oxazole rings is 1. The van der Waals surface area contributed by atoms with Crippen LogP contribution in [0.15, 0.2) is 50.2 Å². The fraction of sp³-hybridized carbons (Fsp3) is 0.333. The van der Waals surface area contributed by atoms with Gasteiger partial charge in [-0.2, -0.15) is 11.8 Å². The number of fused-ring (bicyclic) bond motifs is 1. The van der Waals surface area contributed by atoms with Gasteiger partial charge in [0.1, 0.15) is 5.76 Å². The van der Waals surface area contributed by atoms with E-state index >= 15 is 0 Å². The second kappa shape index (κ2) is 9.27. The Balaban J connectivity index is 1.41. The number of rotatable bonds is 10. The van der Waals surface area contributed by atoms with E-state index in [-0.39, 0.29) is 23.6 Å². The number of nitrogens with one attached hydrogen (secondary N) is 1. The smallest absolute Gasteiger partial charge is 0.419 e. The summed E-state index contributed by atoms with van der Waals surface area (Å²) in [5.74, 6) is 1.76. The molecule has 0 aliphatic rings. The lowest BCUT2D eigenvalue weighted by Crippen LogP contribution is -2.26. The van der Waals surface area contributed by atoms with Crippen LogP contribution in [-0.4, -0.2) is 27.7 Å². The molecule has 0 saturated heterocycles. The van der Waals surface area contributed by atoms with Crippen molar-refractivity contribution in [2.45, 2.75) is 25.1 Å². The molecule has 0 bridgehead atoms. The van der Waals surface area contributed by atoms with E-state index in [1.807, 2.05) is 12.1 Å². The molecule has 2 aromatic heterocycles. The summed E-state index contributed by atoms with van der Waals surface area (Å²) >= 11 is 1.67. The molecule has 0 aliphatic carbocycles. The van der Waals surface area contributed by atoms with Crippen LogP contribution in [0.2, 0.25) is 0 Å². The number of nitrogens with zero attached hydrogens (tertiary/aromatic N) is 2. The Labute approximate surface area is 163 Å². The number of hydrogen-bond donors (Lipinski definition) is 1. The molecule has 1 amide bonds. The number of benzene rings is 1. The first-order chi connectivity index (χ1) is 13.5. The van der Waals surface area contributed by atoms with Gasteiger partial charge in [0, 0.05) is 31.3 Å². The van der Waals surface area contributed by atoms with E-state index in [1.165, 1.54) is 22.8 Å². The van der Waals surface area contributed by atoms with E-state index in [4.69, 9.17) is 8.83 Å². The molecule has 0 radical (unpaired) electrons. The lowest BCUT2D eigenvalue weighted by Gasteiger charge is -2.05. The number of non-ortho nitro benzene ring substituents is 1. The molecule has 3 aromatic rings. The van der Waals surface area contributed by atoms with Gasteiger partial charge in [0.15, 0.2) is 5.58 Å². The zero-order valence-electron chi connectivity index (χ0n) is 15.0. The first-order valence-electron chi connectivity index (χ1n) is 8.69. The Kier molecular flexibility index (Phi) is 6.53. The third-order valence-electron chi connectivity index (χ3n) is 4.04. The molecular formula is C18H19N3O6S. The highest BCUT2D eigenvalue weighted by Gasteiger charge is 2.14. The molecule has 148 valence electrons. The third kappa shape index (κ3) is 5.03. The minimum Gasteiger partial charge on any atom is -0.468 e. The fourth-order valence-electron chi connectivity index (χ4n) is 2.70. The molecule has 0 atom stereocenters. The van der Waals surface area contributed by atoms with Crippen LogP contribution in [0.5, 0.6) is 0 Å². The molecule has 28 heavy (non-hydrogen) atoms. The van der Waals surface area contributed by atoms with Crippen LogP contribution in [0.4, 0.5) is 5.69 Å². The first kappa shape index (κ1) is 19.7. The average molecular weight is 405 g/mol. The predicted octanol–water partition coefficient (Wildman–Crippen LogP) is 2.93. The molecule has 0 aliphatic heterocycles. The van der Waals surface area contributed by atoms with E-state index in [0.717, 1.165) is 17.3 Å². The lowest BCUT2D eigenvalue weighted by atomic mass is 10.2. The quantitative estimate of drug-likeness (QED) is 0.313. The van der Waals surface area contributed by atoms with E-state index < -0.39 is 10.7 Å². The number of aromatic nitrogens is 1. The normalized spacial score (nSPS) is 11.0. The number of amides is 1. The number of furan rings is 1. The number of nitro groups is 1. The van der Waals surface area contributed by atoms with E-state index in [2.05, 4.69) is 5.32 Å². The van der Waals surface area contributed by atoms with Crippen LogP contribution in [0.1, 0.15) is 18.6 Å². The Morgan fingerprint density at radius 2 is 2.18 bits per heavy atom. The summed E-state index contributed by atoms with van der Waals surface area (Å²) in [7, 11) is 0. The Morgan fingerprint density at radius 3 is 2.93 bits per heavy atom. The number of hydrogen-bond acceptors (Lipinski definition) is 7. The van der Waals surface area contributed by atoms with Crippen LogP contribution in [0, 0.1) is 10.1 Å². The van der Waals surface area contributed by atoms with Gasteiger partial charge in [0.25, 0.3) is 5.69 Å². The molecule has 0 unspecified atom stereocenters. The summed E-state index contributed by atoms with van der Waals surface area (Å²) in [4.78, 5) is 34.1. The van der Waals surface area contributed by atoms with Crippen LogP contribution in [0.3, 0.4) is 0 Å². The minimum atomic E-state index is -0.592. The largest absolute Gasteiger partial charge is 0.468 e. The lowest BCUT2D eigenvalue weighted by molar-refractivity contribution is -0.384. The van der Waals surface area contributed by atoms with Crippen molar-refractivity contribution < 1.29 is 18.6 Å². The molecule has 10 heteroatoms. The van der Waals surface area contributed by atoms with Crippen LogP contribution in [0.25, 0.3) is 11.1 Å². The van der Waals surface area contributed by atoms with E-state index in [0.29, 0.717) is 25.0 Å². The Bertz CT molecular complexity index is 1010. The monoisotopic (exact) mass is 405 g/mol. The molecule has 1 N–H and O–H groups in total. The van der Waals surface area contributed by atoms with Crippen molar-refractivity contribution in [3.8, 4) is 0 Å². The zero-order chi connectivity index (χ0) is 19.9. The van der Waals surface area contributed by atoms with Crippen molar-refractivity contribution in [2.24, 2.45) is 0 Å². The molecular weight excluding hydrogens is 386 g/mol. The minimum absolute atomic E-state index is 0.0879. The highest BCUT2D eigenvalue weighted by Crippen LogP contribution is 2.20. The maximum atomic E-state index is 12.0. The fourth-order valence-corrected chi connectivity index (χ4v) is 3.45. The highest BCUT2D eigenvalue weighted by molar-refractivity contribution is 7.98. The van der Waals surface area contributed by atoms with Gasteiger partial charge in [-0.3, -0.25) is 19.5 Å². The second-order valence-electron chi connectivity index (χ2n) is 6.01. The predicted molar refractivity (Wildman–Crippen MR) is 104 cm³/mol. The first-order valence-corrected chi connectivity index (χ1v) is 9.84. The average Bonchev–Trinajstić information content (AvgIpc) is 3.28. The van der Waals surface area contributed by atoms with E-state index in [9.17, 15) is 19.7 Å². The Hall–Kier alpha value is -3.01. The molecule has 0 spiro atoms. The van der Waals surface area contributed by atoms with Crippen molar-refractivity contribution in [2.75, 3.05) is 12.3 Å². The van der Waals surface area contributed by atoms with Crippen molar-refractivity contribution in [3.63, 3.8) is 0 Å². The third-order valence-corrected chi connectivity index (χ3v) is 5.02. The molecule has 1 aromatic carbocycles. The van der Waals surface area contributed by atoms with Gasteiger partial charge in [-0.15, -0.1) is 0 Å². The van der Waals surface area contributed by atoms with Gasteiger partial charge in [-0.25, -0.2) is 4.79 Å². The standard InChI is InChI=1S/C18H19N3O6S/c22-17(19-7-10-28-12-14-3-2-9-26-14)4-1-8-20-15-6-5-13(21(24)25)11-16(15)27-18(20)23/h2-3,5-6,9,11H,1,4,7-8,10,12H2,(H,19,22). The van der Waals surface area contributed by atoms with Crippen LogP contribution < -0.4 is 11.1 Å². The van der Waals surface area contributed by atoms with Gasteiger partial charge >= 0.3 is 5.76 Å². The van der Waals surface area contributed by atoms with Crippen molar-refractivity contribution in [3.05, 3.63) is 63.0 Å². The number of carbonyl (C=O) groups excluding carboxylic acids is 1. The highest BCUT2D eigenvalue weighted by atomic mass is 32.2. The molecule has 3 rings (SSSR count). The number of aryl methyl sites for hydroxylation is 1.